The third-order valence-corrected chi connectivity index (χ3v) is 12.9. The number of rotatable bonds is 7. The molecule has 1 aromatic heterocycles. The maximum absolute atomic E-state index is 2.47. The Hall–Kier alpha value is -7.94. The standard InChI is InChI=1S/C59H40N2/c1-5-19-42(20-6-1)59(43-21-7-2-8-22-43)54-31-17-15-28-49(54)50-35-33-41(39-55(50)59)47-36-38-57(51-29-14-13-27-48(47)51)60(44-23-9-3-10-24-44)46-34-37-58-53(40-46)52-30-16-18-32-56(52)61(58)45-25-11-4-12-26-45/h1-40H. The lowest BCUT2D eigenvalue weighted by atomic mass is 9.67. The van der Waals surface area contributed by atoms with Gasteiger partial charge in [-0.25, -0.2) is 0 Å². The van der Waals surface area contributed by atoms with Gasteiger partial charge in [-0.15, -0.1) is 0 Å². The molecule has 1 heterocycles. The van der Waals surface area contributed by atoms with Gasteiger partial charge in [0.2, 0.25) is 0 Å². The summed E-state index contributed by atoms with van der Waals surface area (Å²) in [4.78, 5) is 2.43. The zero-order chi connectivity index (χ0) is 40.3. The summed E-state index contributed by atoms with van der Waals surface area (Å²) in [6.07, 6.45) is 0. The number of anilines is 3. The summed E-state index contributed by atoms with van der Waals surface area (Å²) >= 11 is 0. The van der Waals surface area contributed by atoms with Crippen LogP contribution < -0.4 is 4.90 Å². The number of benzene rings is 10. The van der Waals surface area contributed by atoms with Crippen molar-refractivity contribution in [2.24, 2.45) is 0 Å². The average Bonchev–Trinajstić information content (AvgIpc) is 3.83. The molecule has 0 aliphatic heterocycles. The van der Waals surface area contributed by atoms with Crippen LogP contribution in [0.5, 0.6) is 0 Å². The second kappa shape index (κ2) is 14.1. The zero-order valence-electron chi connectivity index (χ0n) is 33.5. The normalized spacial score (nSPS) is 12.7. The van der Waals surface area contributed by atoms with Crippen LogP contribution in [0.15, 0.2) is 243 Å². The van der Waals surface area contributed by atoms with Crippen molar-refractivity contribution in [3.05, 3.63) is 265 Å². The Morgan fingerprint density at radius 2 is 0.885 bits per heavy atom. The van der Waals surface area contributed by atoms with Crippen LogP contribution >= 0.6 is 0 Å². The molecule has 2 nitrogen and oxygen atoms in total. The average molecular weight is 777 g/mol. The van der Waals surface area contributed by atoms with Crippen molar-refractivity contribution in [2.75, 3.05) is 4.90 Å². The molecule has 0 N–H and O–H groups in total. The highest BCUT2D eigenvalue weighted by Gasteiger charge is 2.46. The predicted octanol–water partition coefficient (Wildman–Crippen LogP) is 15.4. The second-order valence-electron chi connectivity index (χ2n) is 16.0. The fraction of sp³-hybridized carbons (Fsp3) is 0.0169. The monoisotopic (exact) mass is 776 g/mol. The molecule has 0 radical (unpaired) electrons. The predicted molar refractivity (Wildman–Crippen MR) is 256 cm³/mol. The number of fused-ring (bicyclic) bond motifs is 7. The van der Waals surface area contributed by atoms with Gasteiger partial charge >= 0.3 is 0 Å². The Morgan fingerprint density at radius 3 is 1.62 bits per heavy atom. The molecule has 0 bridgehead atoms. The summed E-state index contributed by atoms with van der Waals surface area (Å²) in [5, 5.41) is 4.86. The van der Waals surface area contributed by atoms with Crippen LogP contribution in [0.1, 0.15) is 22.3 Å². The van der Waals surface area contributed by atoms with Gasteiger partial charge in [0.25, 0.3) is 0 Å². The van der Waals surface area contributed by atoms with Crippen LogP contribution in [0, 0.1) is 0 Å². The van der Waals surface area contributed by atoms with Gasteiger partial charge in [-0.1, -0.05) is 182 Å². The van der Waals surface area contributed by atoms with Crippen molar-refractivity contribution in [1.29, 1.82) is 0 Å². The maximum Gasteiger partial charge on any atom is 0.0713 e. The summed E-state index contributed by atoms with van der Waals surface area (Å²) in [5.74, 6) is 0. The van der Waals surface area contributed by atoms with E-state index in [9.17, 15) is 0 Å². The molecule has 0 saturated carbocycles. The molecule has 286 valence electrons. The largest absolute Gasteiger partial charge is 0.310 e. The van der Waals surface area contributed by atoms with Crippen LogP contribution in [0.25, 0.3) is 60.5 Å². The van der Waals surface area contributed by atoms with E-state index in [1.54, 1.807) is 0 Å². The number of para-hydroxylation sites is 3. The van der Waals surface area contributed by atoms with E-state index in [1.165, 1.54) is 77.1 Å². The van der Waals surface area contributed by atoms with Crippen molar-refractivity contribution < 1.29 is 0 Å². The van der Waals surface area contributed by atoms with Gasteiger partial charge in [-0.2, -0.15) is 0 Å². The lowest BCUT2D eigenvalue weighted by Gasteiger charge is -2.34. The molecule has 2 heteroatoms. The summed E-state index contributed by atoms with van der Waals surface area (Å²) in [7, 11) is 0. The Balaban J connectivity index is 1.06. The Bertz CT molecular complexity index is 3360. The minimum Gasteiger partial charge on any atom is -0.310 e. The van der Waals surface area contributed by atoms with Crippen molar-refractivity contribution >= 4 is 49.6 Å². The number of aromatic nitrogens is 1. The lowest BCUT2D eigenvalue weighted by Crippen LogP contribution is -2.28. The molecule has 0 spiro atoms. The SMILES string of the molecule is c1ccc(N(c2ccc3c(c2)c2ccccc2n3-c2ccccc2)c2ccc(-c3ccc4c(c3)C(c3ccccc3)(c3ccccc3)c3ccccc3-4)c3ccccc23)cc1. The van der Waals surface area contributed by atoms with Gasteiger partial charge in [0.05, 0.1) is 22.1 Å². The van der Waals surface area contributed by atoms with Gasteiger partial charge in [-0.3, -0.25) is 0 Å². The van der Waals surface area contributed by atoms with Crippen LogP contribution in [0.3, 0.4) is 0 Å². The number of hydrogen-bond donors (Lipinski definition) is 0. The van der Waals surface area contributed by atoms with Crippen molar-refractivity contribution in [2.45, 2.75) is 5.41 Å². The molecular weight excluding hydrogens is 737 g/mol. The first kappa shape index (κ1) is 35.0. The van der Waals surface area contributed by atoms with E-state index in [0.29, 0.717) is 0 Å². The highest BCUT2D eigenvalue weighted by Crippen LogP contribution is 2.57. The fourth-order valence-electron chi connectivity index (χ4n) is 10.3. The van der Waals surface area contributed by atoms with E-state index < -0.39 is 5.41 Å². The molecule has 11 aromatic rings. The number of hydrogen-bond acceptors (Lipinski definition) is 1. The molecule has 61 heavy (non-hydrogen) atoms. The van der Waals surface area contributed by atoms with Gasteiger partial charge in [0, 0.05) is 33.2 Å². The molecule has 10 aromatic carbocycles. The summed E-state index contributed by atoms with van der Waals surface area (Å²) in [6, 6.07) is 89.0. The van der Waals surface area contributed by atoms with Crippen LogP contribution in [-0.4, -0.2) is 4.57 Å². The minimum absolute atomic E-state index is 0.466. The molecule has 1 aliphatic carbocycles. The molecule has 0 saturated heterocycles. The first-order valence-electron chi connectivity index (χ1n) is 21.1. The maximum atomic E-state index is 2.47. The summed E-state index contributed by atoms with van der Waals surface area (Å²) in [5.41, 5.74) is 16.6. The van der Waals surface area contributed by atoms with Gasteiger partial charge < -0.3 is 9.47 Å². The first-order valence-corrected chi connectivity index (χ1v) is 21.1. The highest BCUT2D eigenvalue weighted by atomic mass is 15.1. The van der Waals surface area contributed by atoms with Crippen LogP contribution in [0.4, 0.5) is 17.1 Å². The Morgan fingerprint density at radius 1 is 0.328 bits per heavy atom. The topological polar surface area (TPSA) is 8.17 Å². The second-order valence-corrected chi connectivity index (χ2v) is 16.0. The third-order valence-electron chi connectivity index (χ3n) is 12.9. The smallest absolute Gasteiger partial charge is 0.0713 e. The van der Waals surface area contributed by atoms with Gasteiger partial charge in [0.15, 0.2) is 0 Å². The number of nitrogens with zero attached hydrogens (tertiary/aromatic N) is 2. The minimum atomic E-state index is -0.466. The molecule has 1 aliphatic rings. The Labute approximate surface area is 355 Å². The molecule has 0 atom stereocenters. The first-order chi connectivity index (χ1) is 30.3. The third kappa shape index (κ3) is 5.36. The zero-order valence-corrected chi connectivity index (χ0v) is 33.5. The fourth-order valence-corrected chi connectivity index (χ4v) is 10.3. The summed E-state index contributed by atoms with van der Waals surface area (Å²) < 4.78 is 2.38. The quantitative estimate of drug-likeness (QED) is 0.156. The van der Waals surface area contributed by atoms with Gasteiger partial charge in [0.1, 0.15) is 0 Å². The van der Waals surface area contributed by atoms with Crippen LogP contribution in [0.2, 0.25) is 0 Å². The van der Waals surface area contributed by atoms with Crippen molar-refractivity contribution in [3.63, 3.8) is 0 Å². The van der Waals surface area contributed by atoms with E-state index in [1.807, 2.05) is 0 Å². The molecule has 0 unspecified atom stereocenters. The lowest BCUT2D eigenvalue weighted by molar-refractivity contribution is 0.769. The molecule has 0 amide bonds. The molecule has 12 rings (SSSR count). The van der Waals surface area contributed by atoms with E-state index in [0.717, 1.165) is 22.7 Å². The van der Waals surface area contributed by atoms with Crippen molar-refractivity contribution in [3.8, 4) is 27.9 Å². The van der Waals surface area contributed by atoms with E-state index in [-0.39, 0.29) is 0 Å². The van der Waals surface area contributed by atoms with E-state index in [2.05, 4.69) is 252 Å². The van der Waals surface area contributed by atoms with Crippen LogP contribution in [-0.2, 0) is 5.41 Å². The highest BCUT2D eigenvalue weighted by molar-refractivity contribution is 6.12. The Kier molecular flexibility index (Phi) is 8.11. The molecular formula is C59H40N2. The van der Waals surface area contributed by atoms with Crippen molar-refractivity contribution in [1.82, 2.24) is 4.57 Å². The van der Waals surface area contributed by atoms with E-state index >= 15 is 0 Å². The van der Waals surface area contributed by atoms with E-state index in [4.69, 9.17) is 0 Å². The summed E-state index contributed by atoms with van der Waals surface area (Å²) in [6.45, 7) is 0. The molecule has 0 fully saturated rings. The van der Waals surface area contributed by atoms with Gasteiger partial charge in [-0.05, 0) is 111 Å².